The minimum Gasteiger partial charge on any atom is -0.491 e. The summed E-state index contributed by atoms with van der Waals surface area (Å²) in [5.41, 5.74) is 6.85. The second-order valence-electron chi connectivity index (χ2n) is 4.93. The van der Waals surface area contributed by atoms with Gasteiger partial charge in [-0.15, -0.1) is 0 Å². The summed E-state index contributed by atoms with van der Waals surface area (Å²) in [4.78, 5) is 20.5. The first-order valence-corrected chi connectivity index (χ1v) is 7.21. The molecule has 0 bridgehead atoms. The highest BCUT2D eigenvalue weighted by atomic mass is 16.5. The van der Waals surface area contributed by atoms with Gasteiger partial charge in [0.25, 0.3) is 5.91 Å². The van der Waals surface area contributed by atoms with Crippen LogP contribution in [-0.4, -0.2) is 32.3 Å². The predicted molar refractivity (Wildman–Crippen MR) is 86.5 cm³/mol. The van der Waals surface area contributed by atoms with Crippen molar-refractivity contribution in [1.82, 2.24) is 19.7 Å². The Morgan fingerprint density at radius 1 is 1.46 bits per heavy atom. The number of carbonyl (C=O) groups is 1. The van der Waals surface area contributed by atoms with Gasteiger partial charge in [-0.25, -0.2) is 9.97 Å². The number of anilines is 2. The van der Waals surface area contributed by atoms with Crippen molar-refractivity contribution in [2.45, 2.75) is 6.92 Å². The van der Waals surface area contributed by atoms with Crippen LogP contribution in [0.5, 0.6) is 5.75 Å². The summed E-state index contributed by atoms with van der Waals surface area (Å²) in [6, 6.07) is 1.54. The van der Waals surface area contributed by atoms with Crippen LogP contribution in [-0.2, 0) is 7.05 Å². The Hall–Kier alpha value is -3.36. The Kier molecular flexibility index (Phi) is 4.15. The topological polar surface area (TPSA) is 121 Å². The molecule has 0 saturated carbocycles. The van der Waals surface area contributed by atoms with Crippen LogP contribution in [0, 0.1) is 0 Å². The standard InChI is InChI=1S/C15H16N6O3/c1-3-23-12-4-13(16)17-6-10(12)19-14(22)11-8-24-15(20-11)9-5-18-21(2)7-9/h4-8H,3H2,1-2H3,(H2,16,17)(H,19,22). The van der Waals surface area contributed by atoms with Crippen molar-refractivity contribution in [2.24, 2.45) is 7.05 Å². The lowest BCUT2D eigenvalue weighted by Gasteiger charge is -2.10. The SMILES string of the molecule is CCOc1cc(N)ncc1NC(=O)c1coc(-c2cnn(C)c2)n1. The maximum absolute atomic E-state index is 12.3. The lowest BCUT2D eigenvalue weighted by Crippen LogP contribution is -2.14. The molecule has 0 spiro atoms. The number of ether oxygens (including phenoxy) is 1. The van der Waals surface area contributed by atoms with Crippen molar-refractivity contribution in [3.63, 3.8) is 0 Å². The molecule has 124 valence electrons. The van der Waals surface area contributed by atoms with Gasteiger partial charge in [-0.05, 0) is 6.92 Å². The van der Waals surface area contributed by atoms with Crippen molar-refractivity contribution in [3.8, 4) is 17.2 Å². The molecule has 0 aliphatic heterocycles. The van der Waals surface area contributed by atoms with E-state index in [4.69, 9.17) is 14.9 Å². The number of carbonyl (C=O) groups excluding carboxylic acids is 1. The van der Waals surface area contributed by atoms with E-state index in [1.165, 1.54) is 12.5 Å². The van der Waals surface area contributed by atoms with Gasteiger partial charge >= 0.3 is 0 Å². The predicted octanol–water partition coefficient (Wildman–Crippen LogP) is 1.70. The van der Waals surface area contributed by atoms with E-state index >= 15 is 0 Å². The van der Waals surface area contributed by atoms with Gasteiger partial charge in [0.1, 0.15) is 23.5 Å². The Labute approximate surface area is 137 Å². The Morgan fingerprint density at radius 3 is 3.00 bits per heavy atom. The van der Waals surface area contributed by atoms with Gasteiger partial charge in [0.05, 0.1) is 24.6 Å². The van der Waals surface area contributed by atoms with Crippen LogP contribution < -0.4 is 15.8 Å². The van der Waals surface area contributed by atoms with Crippen molar-refractivity contribution in [3.05, 3.63) is 36.6 Å². The fraction of sp³-hybridized carbons (Fsp3) is 0.200. The third kappa shape index (κ3) is 3.19. The fourth-order valence-corrected chi connectivity index (χ4v) is 2.05. The van der Waals surface area contributed by atoms with Gasteiger partial charge in [-0.2, -0.15) is 5.10 Å². The number of nitrogens with zero attached hydrogens (tertiary/aromatic N) is 4. The molecule has 0 saturated heterocycles. The quantitative estimate of drug-likeness (QED) is 0.731. The number of pyridine rings is 1. The average Bonchev–Trinajstić information content (AvgIpc) is 3.19. The fourth-order valence-electron chi connectivity index (χ4n) is 2.05. The Bertz CT molecular complexity index is 870. The molecule has 0 fully saturated rings. The third-order valence-electron chi connectivity index (χ3n) is 3.12. The summed E-state index contributed by atoms with van der Waals surface area (Å²) >= 11 is 0. The molecule has 3 N–H and O–H groups in total. The number of rotatable bonds is 5. The second-order valence-corrected chi connectivity index (χ2v) is 4.93. The van der Waals surface area contributed by atoms with Crippen LogP contribution in [0.4, 0.5) is 11.5 Å². The molecule has 0 radical (unpaired) electrons. The van der Waals surface area contributed by atoms with Crippen LogP contribution in [0.15, 0.2) is 35.3 Å². The molecule has 3 aromatic heterocycles. The summed E-state index contributed by atoms with van der Waals surface area (Å²) in [5, 5.41) is 6.72. The number of oxazole rings is 1. The average molecular weight is 328 g/mol. The molecule has 9 nitrogen and oxygen atoms in total. The highest BCUT2D eigenvalue weighted by molar-refractivity contribution is 6.03. The molecule has 0 unspecified atom stereocenters. The van der Waals surface area contributed by atoms with E-state index in [-0.39, 0.29) is 5.69 Å². The van der Waals surface area contributed by atoms with E-state index < -0.39 is 5.91 Å². The number of hydrogen-bond acceptors (Lipinski definition) is 7. The number of aryl methyl sites for hydroxylation is 1. The first-order chi connectivity index (χ1) is 11.6. The number of hydrogen-bond donors (Lipinski definition) is 2. The van der Waals surface area contributed by atoms with E-state index in [1.807, 2.05) is 6.92 Å². The Balaban J connectivity index is 1.79. The molecule has 0 atom stereocenters. The Morgan fingerprint density at radius 2 is 2.29 bits per heavy atom. The second kappa shape index (κ2) is 6.41. The van der Waals surface area contributed by atoms with Gasteiger partial charge in [-0.3, -0.25) is 9.48 Å². The molecule has 3 heterocycles. The molecule has 0 aliphatic carbocycles. The normalized spacial score (nSPS) is 10.6. The highest BCUT2D eigenvalue weighted by Gasteiger charge is 2.16. The lowest BCUT2D eigenvalue weighted by molar-refractivity contribution is 0.102. The zero-order valence-corrected chi connectivity index (χ0v) is 13.2. The summed E-state index contributed by atoms with van der Waals surface area (Å²) in [5.74, 6) is 0.612. The van der Waals surface area contributed by atoms with E-state index in [0.717, 1.165) is 0 Å². The number of nitrogen functional groups attached to an aromatic ring is 1. The van der Waals surface area contributed by atoms with Crippen LogP contribution >= 0.6 is 0 Å². The molecule has 3 aromatic rings. The molecule has 0 aromatic carbocycles. The monoisotopic (exact) mass is 328 g/mol. The minimum atomic E-state index is -0.443. The van der Waals surface area contributed by atoms with Gasteiger partial charge in [0, 0.05) is 19.3 Å². The highest BCUT2D eigenvalue weighted by Crippen LogP contribution is 2.26. The molecular formula is C15H16N6O3. The van der Waals surface area contributed by atoms with Crippen molar-refractivity contribution in [1.29, 1.82) is 0 Å². The smallest absolute Gasteiger partial charge is 0.277 e. The van der Waals surface area contributed by atoms with Crippen LogP contribution in [0.3, 0.4) is 0 Å². The van der Waals surface area contributed by atoms with E-state index in [0.29, 0.717) is 35.3 Å². The van der Waals surface area contributed by atoms with E-state index in [9.17, 15) is 4.79 Å². The van der Waals surface area contributed by atoms with Gasteiger partial charge in [0.2, 0.25) is 5.89 Å². The van der Waals surface area contributed by atoms with E-state index in [2.05, 4.69) is 20.4 Å². The maximum atomic E-state index is 12.3. The van der Waals surface area contributed by atoms with Crippen LogP contribution in [0.2, 0.25) is 0 Å². The lowest BCUT2D eigenvalue weighted by atomic mass is 10.3. The van der Waals surface area contributed by atoms with Gasteiger partial charge in [-0.1, -0.05) is 0 Å². The summed E-state index contributed by atoms with van der Waals surface area (Å²) in [6.07, 6.45) is 6.05. The van der Waals surface area contributed by atoms with Crippen molar-refractivity contribution >= 4 is 17.4 Å². The van der Waals surface area contributed by atoms with E-state index in [1.54, 1.807) is 30.2 Å². The minimum absolute atomic E-state index is 0.133. The first kappa shape index (κ1) is 15.5. The summed E-state index contributed by atoms with van der Waals surface area (Å²) < 4.78 is 12.4. The largest absolute Gasteiger partial charge is 0.491 e. The summed E-state index contributed by atoms with van der Waals surface area (Å²) in [7, 11) is 1.78. The zero-order chi connectivity index (χ0) is 17.1. The summed E-state index contributed by atoms with van der Waals surface area (Å²) in [6.45, 7) is 2.27. The molecular weight excluding hydrogens is 312 g/mol. The number of amides is 1. The molecule has 0 aliphatic rings. The van der Waals surface area contributed by atoms with Crippen LogP contribution in [0.25, 0.3) is 11.5 Å². The zero-order valence-electron chi connectivity index (χ0n) is 13.2. The number of aromatic nitrogens is 4. The molecule has 24 heavy (non-hydrogen) atoms. The third-order valence-corrected chi connectivity index (χ3v) is 3.12. The van der Waals surface area contributed by atoms with Gasteiger partial charge < -0.3 is 20.2 Å². The van der Waals surface area contributed by atoms with Crippen molar-refractivity contribution < 1.29 is 13.9 Å². The number of nitrogens with two attached hydrogens (primary N) is 1. The molecule has 9 heteroatoms. The number of nitrogens with one attached hydrogen (secondary N) is 1. The molecule has 3 rings (SSSR count). The van der Waals surface area contributed by atoms with Crippen LogP contribution in [0.1, 0.15) is 17.4 Å². The first-order valence-electron chi connectivity index (χ1n) is 7.21. The molecule has 1 amide bonds. The maximum Gasteiger partial charge on any atom is 0.277 e. The van der Waals surface area contributed by atoms with Crippen molar-refractivity contribution in [2.75, 3.05) is 17.7 Å². The van der Waals surface area contributed by atoms with Gasteiger partial charge in [0.15, 0.2) is 5.69 Å².